The lowest BCUT2D eigenvalue weighted by Gasteiger charge is -2.48. The molecule has 1 nitrogen and oxygen atoms in total. The zero-order chi connectivity index (χ0) is 12.6. The van der Waals surface area contributed by atoms with Gasteiger partial charge < -0.3 is 0 Å². The quantitative estimate of drug-likeness (QED) is 0.672. The first-order valence-corrected chi connectivity index (χ1v) is 5.83. The van der Waals surface area contributed by atoms with Crippen molar-refractivity contribution in [1.82, 2.24) is 4.90 Å². The molecule has 0 aromatic heterocycles. The van der Waals surface area contributed by atoms with Gasteiger partial charge in [-0.05, 0) is 36.8 Å². The summed E-state index contributed by atoms with van der Waals surface area (Å²) < 4.78 is 36.7. The smallest absolute Gasteiger partial charge is 0.295 e. The molecule has 1 fully saturated rings. The van der Waals surface area contributed by atoms with Crippen molar-refractivity contribution in [2.45, 2.75) is 46.7 Å². The van der Waals surface area contributed by atoms with Crippen LogP contribution in [0.3, 0.4) is 0 Å². The number of piperidine rings is 1. The second-order valence-electron chi connectivity index (χ2n) is 6.20. The summed E-state index contributed by atoms with van der Waals surface area (Å²) in [6.45, 7) is 9.08. The lowest BCUT2D eigenvalue weighted by Crippen LogP contribution is -2.47. The van der Waals surface area contributed by atoms with Gasteiger partial charge in [0.05, 0.1) is 6.54 Å². The van der Waals surface area contributed by atoms with Gasteiger partial charge in [0.15, 0.2) is 0 Å². The minimum atomic E-state index is -4.06. The fourth-order valence-corrected chi connectivity index (χ4v) is 2.21. The van der Waals surface area contributed by atoms with Gasteiger partial charge in [0.1, 0.15) is 0 Å². The molecule has 0 unspecified atom stereocenters. The number of likely N-dealkylation sites (tertiary alicyclic amines) is 1. The highest BCUT2D eigenvalue weighted by Crippen LogP contribution is 2.46. The van der Waals surface area contributed by atoms with Crippen LogP contribution in [-0.2, 0) is 0 Å². The van der Waals surface area contributed by atoms with Crippen molar-refractivity contribution in [3.05, 3.63) is 0 Å². The van der Waals surface area contributed by atoms with Crippen LogP contribution in [0.2, 0.25) is 0 Å². The highest BCUT2D eigenvalue weighted by atomic mass is 19.4. The number of halogens is 3. The largest absolute Gasteiger partial charge is 0.401 e. The van der Waals surface area contributed by atoms with Crippen LogP contribution in [0.4, 0.5) is 13.2 Å². The molecule has 0 N–H and O–H groups in total. The Kier molecular flexibility index (Phi) is 3.63. The van der Waals surface area contributed by atoms with Gasteiger partial charge in [-0.25, -0.2) is 0 Å². The van der Waals surface area contributed by atoms with Crippen molar-refractivity contribution in [3.8, 4) is 0 Å². The maximum Gasteiger partial charge on any atom is 0.401 e. The van der Waals surface area contributed by atoms with Crippen molar-refractivity contribution in [2.75, 3.05) is 19.6 Å². The van der Waals surface area contributed by atoms with E-state index in [0.717, 1.165) is 12.8 Å². The summed E-state index contributed by atoms with van der Waals surface area (Å²) in [5.74, 6) is 0. The van der Waals surface area contributed by atoms with E-state index in [1.54, 1.807) is 0 Å². The van der Waals surface area contributed by atoms with Crippen LogP contribution < -0.4 is 0 Å². The summed E-state index contributed by atoms with van der Waals surface area (Å²) in [4.78, 5) is 1.52. The number of hydrogen-bond acceptors (Lipinski definition) is 1. The normalized spacial score (nSPS) is 23.4. The van der Waals surface area contributed by atoms with Gasteiger partial charge in [-0.3, -0.25) is 4.90 Å². The number of rotatable bonds is 1. The third-order valence-electron chi connectivity index (χ3n) is 4.17. The number of hydrogen-bond donors (Lipinski definition) is 0. The minimum Gasteiger partial charge on any atom is -0.295 e. The van der Waals surface area contributed by atoms with Crippen molar-refractivity contribution in [1.29, 1.82) is 0 Å². The first kappa shape index (κ1) is 13.8. The zero-order valence-corrected chi connectivity index (χ0v) is 10.6. The third-order valence-corrected chi connectivity index (χ3v) is 4.17. The lowest BCUT2D eigenvalue weighted by molar-refractivity contribution is -0.152. The fourth-order valence-electron chi connectivity index (χ4n) is 2.21. The van der Waals surface area contributed by atoms with Crippen LogP contribution >= 0.6 is 0 Å². The van der Waals surface area contributed by atoms with Gasteiger partial charge in [0.25, 0.3) is 0 Å². The molecule has 1 saturated heterocycles. The van der Waals surface area contributed by atoms with Crippen molar-refractivity contribution >= 4 is 0 Å². The molecule has 1 rings (SSSR count). The van der Waals surface area contributed by atoms with Gasteiger partial charge in [-0.15, -0.1) is 0 Å². The monoisotopic (exact) mass is 237 g/mol. The second kappa shape index (κ2) is 4.21. The van der Waals surface area contributed by atoms with Crippen molar-refractivity contribution in [3.63, 3.8) is 0 Å². The maximum atomic E-state index is 12.2. The molecular weight excluding hydrogens is 215 g/mol. The molecule has 0 amide bonds. The Hall–Kier alpha value is -0.250. The van der Waals surface area contributed by atoms with Gasteiger partial charge in [0.2, 0.25) is 0 Å². The Morgan fingerprint density at radius 1 is 1.06 bits per heavy atom. The van der Waals surface area contributed by atoms with Crippen LogP contribution in [0, 0.1) is 10.8 Å². The molecular formula is C12H22F3N. The molecule has 1 heterocycles. The van der Waals surface area contributed by atoms with Crippen LogP contribution in [-0.4, -0.2) is 30.7 Å². The topological polar surface area (TPSA) is 3.24 Å². The highest BCUT2D eigenvalue weighted by Gasteiger charge is 2.41. The van der Waals surface area contributed by atoms with E-state index < -0.39 is 12.7 Å². The predicted octanol–water partition coefficient (Wildman–Crippen LogP) is 3.70. The molecule has 0 aromatic carbocycles. The Labute approximate surface area is 96.0 Å². The Bertz CT molecular complexity index is 232. The van der Waals surface area contributed by atoms with Crippen LogP contribution in [0.15, 0.2) is 0 Å². The molecule has 16 heavy (non-hydrogen) atoms. The molecule has 0 aromatic rings. The van der Waals surface area contributed by atoms with E-state index in [0.29, 0.717) is 13.1 Å². The average Bonchev–Trinajstić information content (AvgIpc) is 2.05. The first-order chi connectivity index (χ1) is 7.04. The van der Waals surface area contributed by atoms with Crippen molar-refractivity contribution < 1.29 is 13.2 Å². The van der Waals surface area contributed by atoms with Crippen LogP contribution in [0.5, 0.6) is 0 Å². The van der Waals surface area contributed by atoms with Crippen molar-refractivity contribution in [2.24, 2.45) is 10.8 Å². The maximum absolute atomic E-state index is 12.2. The van der Waals surface area contributed by atoms with E-state index in [1.807, 2.05) is 0 Å². The van der Waals surface area contributed by atoms with Gasteiger partial charge in [0, 0.05) is 0 Å². The Morgan fingerprint density at radius 2 is 1.50 bits per heavy atom. The summed E-state index contributed by atoms with van der Waals surface area (Å²) in [6.07, 6.45) is -2.35. The molecule has 0 atom stereocenters. The average molecular weight is 237 g/mol. The SMILES string of the molecule is CC(C)(C)C1(C)CCN(CC(F)(F)F)CC1. The summed E-state index contributed by atoms with van der Waals surface area (Å²) in [6, 6.07) is 0. The van der Waals surface area contributed by atoms with Crippen LogP contribution in [0.1, 0.15) is 40.5 Å². The molecule has 0 spiro atoms. The standard InChI is InChI=1S/C12H22F3N/c1-10(2,3)11(4)5-7-16(8-6-11)9-12(13,14)15/h5-9H2,1-4H3. The highest BCUT2D eigenvalue weighted by molar-refractivity contribution is 4.91. The van der Waals surface area contributed by atoms with Gasteiger partial charge in [-0.2, -0.15) is 13.2 Å². The summed E-state index contributed by atoms with van der Waals surface area (Å²) in [5, 5.41) is 0. The van der Waals surface area contributed by atoms with E-state index in [4.69, 9.17) is 0 Å². The molecule has 96 valence electrons. The molecule has 1 aliphatic heterocycles. The summed E-state index contributed by atoms with van der Waals surface area (Å²) in [7, 11) is 0. The summed E-state index contributed by atoms with van der Waals surface area (Å²) >= 11 is 0. The Balaban J connectivity index is 2.52. The second-order valence-corrected chi connectivity index (χ2v) is 6.20. The molecule has 0 radical (unpaired) electrons. The fraction of sp³-hybridized carbons (Fsp3) is 1.00. The van der Waals surface area contributed by atoms with Crippen LogP contribution in [0.25, 0.3) is 0 Å². The van der Waals surface area contributed by atoms with Gasteiger partial charge >= 0.3 is 6.18 Å². The number of alkyl halides is 3. The van der Waals surface area contributed by atoms with E-state index in [-0.39, 0.29) is 10.8 Å². The number of nitrogens with zero attached hydrogens (tertiary/aromatic N) is 1. The minimum absolute atomic E-state index is 0.162. The first-order valence-electron chi connectivity index (χ1n) is 5.83. The molecule has 4 heteroatoms. The third kappa shape index (κ3) is 3.37. The van der Waals surface area contributed by atoms with E-state index >= 15 is 0 Å². The predicted molar refractivity (Wildman–Crippen MR) is 59.3 cm³/mol. The van der Waals surface area contributed by atoms with E-state index in [2.05, 4.69) is 27.7 Å². The zero-order valence-electron chi connectivity index (χ0n) is 10.6. The Morgan fingerprint density at radius 3 is 1.81 bits per heavy atom. The molecule has 0 saturated carbocycles. The van der Waals surface area contributed by atoms with E-state index in [1.165, 1.54) is 4.90 Å². The molecule has 0 aliphatic carbocycles. The summed E-state index contributed by atoms with van der Waals surface area (Å²) in [5.41, 5.74) is 0.326. The molecule has 0 bridgehead atoms. The lowest BCUT2D eigenvalue weighted by atomic mass is 9.63. The van der Waals surface area contributed by atoms with Gasteiger partial charge in [-0.1, -0.05) is 27.7 Å². The molecule has 1 aliphatic rings. The van der Waals surface area contributed by atoms with E-state index in [9.17, 15) is 13.2 Å².